The first-order valence-electron chi connectivity index (χ1n) is 5.57. The predicted molar refractivity (Wildman–Crippen MR) is 78.8 cm³/mol. The Morgan fingerprint density at radius 2 is 1.89 bits per heavy atom. The Morgan fingerprint density at radius 3 is 2.79 bits per heavy atom. The van der Waals surface area contributed by atoms with Crippen LogP contribution in [-0.4, -0.2) is 9.97 Å². The van der Waals surface area contributed by atoms with Gasteiger partial charge in [-0.25, -0.2) is 9.97 Å². The minimum atomic E-state index is 0.491. The van der Waals surface area contributed by atoms with Gasteiger partial charge in [-0.15, -0.1) is 0 Å². The summed E-state index contributed by atoms with van der Waals surface area (Å²) in [5.41, 5.74) is 0.832. The summed E-state index contributed by atoms with van der Waals surface area (Å²) in [4.78, 5) is 8.36. The first-order valence-corrected chi connectivity index (χ1v) is 6.74. The Hall–Kier alpha value is -1.65. The molecule has 0 N–H and O–H groups in total. The monoisotopic (exact) mass is 334 g/mol. The lowest BCUT2D eigenvalue weighted by Gasteiger charge is -2.08. The van der Waals surface area contributed by atoms with E-state index in [0.717, 1.165) is 15.4 Å². The topological polar surface area (TPSA) is 35.0 Å². The molecule has 0 aliphatic carbocycles. The standard InChI is InChI=1S/C14H8BrClN2O/c15-9-5-6-11(16)13(7-9)19-14-10-3-1-2-4-12(10)17-8-18-14/h1-8H. The van der Waals surface area contributed by atoms with Gasteiger partial charge in [0.05, 0.1) is 15.9 Å². The lowest BCUT2D eigenvalue weighted by Crippen LogP contribution is -1.91. The van der Waals surface area contributed by atoms with Crippen molar-refractivity contribution in [3.05, 3.63) is 58.3 Å². The van der Waals surface area contributed by atoms with Gasteiger partial charge in [0.1, 0.15) is 12.1 Å². The molecule has 0 saturated heterocycles. The Kier molecular flexibility index (Phi) is 3.36. The van der Waals surface area contributed by atoms with E-state index in [4.69, 9.17) is 16.3 Å². The lowest BCUT2D eigenvalue weighted by molar-refractivity contribution is 0.468. The molecule has 5 heteroatoms. The van der Waals surface area contributed by atoms with Gasteiger partial charge in [0, 0.05) is 4.47 Å². The van der Waals surface area contributed by atoms with Crippen molar-refractivity contribution in [3.63, 3.8) is 0 Å². The van der Waals surface area contributed by atoms with Gasteiger partial charge < -0.3 is 4.74 Å². The molecule has 0 amide bonds. The molecule has 1 aromatic heterocycles. The molecule has 2 aromatic carbocycles. The highest BCUT2D eigenvalue weighted by atomic mass is 79.9. The van der Waals surface area contributed by atoms with E-state index >= 15 is 0 Å². The van der Waals surface area contributed by atoms with Crippen LogP contribution in [0.2, 0.25) is 5.02 Å². The fourth-order valence-electron chi connectivity index (χ4n) is 1.72. The van der Waals surface area contributed by atoms with E-state index < -0.39 is 0 Å². The summed E-state index contributed by atoms with van der Waals surface area (Å²) in [6, 6.07) is 13.1. The highest BCUT2D eigenvalue weighted by Gasteiger charge is 2.08. The number of para-hydroxylation sites is 1. The van der Waals surface area contributed by atoms with Gasteiger partial charge in [0.25, 0.3) is 0 Å². The summed E-state index contributed by atoms with van der Waals surface area (Å²) in [5, 5.41) is 1.38. The smallest absolute Gasteiger partial charge is 0.230 e. The fraction of sp³-hybridized carbons (Fsp3) is 0. The molecule has 0 atom stereocenters. The Labute approximate surface area is 123 Å². The average molecular weight is 336 g/mol. The maximum absolute atomic E-state index is 6.11. The van der Waals surface area contributed by atoms with Crippen LogP contribution in [0.3, 0.4) is 0 Å². The molecule has 0 bridgehead atoms. The quantitative estimate of drug-likeness (QED) is 0.672. The second-order valence-electron chi connectivity index (χ2n) is 3.87. The van der Waals surface area contributed by atoms with Crippen LogP contribution in [-0.2, 0) is 0 Å². The molecular weight excluding hydrogens is 328 g/mol. The lowest BCUT2D eigenvalue weighted by atomic mass is 10.2. The zero-order valence-corrected chi connectivity index (χ0v) is 12.0. The summed E-state index contributed by atoms with van der Waals surface area (Å²) < 4.78 is 6.68. The normalized spacial score (nSPS) is 10.6. The highest BCUT2D eigenvalue weighted by Crippen LogP contribution is 2.33. The van der Waals surface area contributed by atoms with E-state index in [2.05, 4.69) is 25.9 Å². The van der Waals surface area contributed by atoms with Gasteiger partial charge in [-0.1, -0.05) is 39.7 Å². The van der Waals surface area contributed by atoms with Gasteiger partial charge >= 0.3 is 0 Å². The second-order valence-corrected chi connectivity index (χ2v) is 5.20. The summed E-state index contributed by atoms with van der Waals surface area (Å²) in [6.07, 6.45) is 1.48. The van der Waals surface area contributed by atoms with Crippen LogP contribution in [0.5, 0.6) is 11.6 Å². The molecule has 0 saturated carbocycles. The van der Waals surface area contributed by atoms with Crippen molar-refractivity contribution < 1.29 is 4.74 Å². The van der Waals surface area contributed by atoms with Crippen molar-refractivity contribution in [1.29, 1.82) is 0 Å². The van der Waals surface area contributed by atoms with E-state index in [9.17, 15) is 0 Å². The number of ether oxygens (including phenoxy) is 1. The van der Waals surface area contributed by atoms with Gasteiger partial charge in [-0.05, 0) is 30.3 Å². The molecule has 3 nitrogen and oxygen atoms in total. The van der Waals surface area contributed by atoms with E-state index in [1.165, 1.54) is 6.33 Å². The van der Waals surface area contributed by atoms with Crippen molar-refractivity contribution >= 4 is 38.4 Å². The number of nitrogens with zero attached hydrogens (tertiary/aromatic N) is 2. The van der Waals surface area contributed by atoms with Crippen molar-refractivity contribution in [2.75, 3.05) is 0 Å². The van der Waals surface area contributed by atoms with Crippen LogP contribution >= 0.6 is 27.5 Å². The third-order valence-corrected chi connectivity index (χ3v) is 3.41. The fourth-order valence-corrected chi connectivity index (χ4v) is 2.22. The van der Waals surface area contributed by atoms with Crippen molar-refractivity contribution in [1.82, 2.24) is 9.97 Å². The molecule has 94 valence electrons. The zero-order valence-electron chi connectivity index (χ0n) is 9.68. The van der Waals surface area contributed by atoms with Gasteiger partial charge in [0.2, 0.25) is 5.88 Å². The highest BCUT2D eigenvalue weighted by molar-refractivity contribution is 9.10. The van der Waals surface area contributed by atoms with E-state index in [1.807, 2.05) is 30.3 Å². The Morgan fingerprint density at radius 1 is 1.05 bits per heavy atom. The van der Waals surface area contributed by atoms with Crippen molar-refractivity contribution in [3.8, 4) is 11.6 Å². The van der Waals surface area contributed by atoms with Crippen LogP contribution in [0, 0.1) is 0 Å². The van der Waals surface area contributed by atoms with E-state index in [1.54, 1.807) is 12.1 Å². The van der Waals surface area contributed by atoms with Crippen LogP contribution in [0.25, 0.3) is 10.9 Å². The maximum Gasteiger partial charge on any atom is 0.230 e. The molecule has 3 aromatic rings. The molecule has 0 spiro atoms. The third-order valence-electron chi connectivity index (χ3n) is 2.61. The van der Waals surface area contributed by atoms with E-state index in [0.29, 0.717) is 16.7 Å². The molecule has 19 heavy (non-hydrogen) atoms. The van der Waals surface area contributed by atoms with Crippen LogP contribution in [0.15, 0.2) is 53.3 Å². The number of rotatable bonds is 2. The first-order chi connectivity index (χ1) is 9.24. The third kappa shape index (κ3) is 2.55. The summed E-state index contributed by atoms with van der Waals surface area (Å²) in [5.74, 6) is 1.05. The number of fused-ring (bicyclic) bond motifs is 1. The van der Waals surface area contributed by atoms with Gasteiger partial charge in [0.15, 0.2) is 0 Å². The minimum Gasteiger partial charge on any atom is -0.437 e. The van der Waals surface area contributed by atoms with Crippen molar-refractivity contribution in [2.24, 2.45) is 0 Å². The van der Waals surface area contributed by atoms with Crippen LogP contribution < -0.4 is 4.74 Å². The summed E-state index contributed by atoms with van der Waals surface area (Å²) in [6.45, 7) is 0. The Bertz CT molecular complexity index is 743. The predicted octanol–water partition coefficient (Wildman–Crippen LogP) is 4.84. The van der Waals surface area contributed by atoms with Crippen LogP contribution in [0.1, 0.15) is 0 Å². The molecular formula is C14H8BrClN2O. The molecule has 0 unspecified atom stereocenters. The van der Waals surface area contributed by atoms with Gasteiger partial charge in [-0.3, -0.25) is 0 Å². The van der Waals surface area contributed by atoms with Crippen molar-refractivity contribution in [2.45, 2.75) is 0 Å². The molecule has 0 fully saturated rings. The van der Waals surface area contributed by atoms with Gasteiger partial charge in [-0.2, -0.15) is 0 Å². The molecule has 3 rings (SSSR count). The van der Waals surface area contributed by atoms with Crippen LogP contribution in [0.4, 0.5) is 0 Å². The van der Waals surface area contributed by atoms with E-state index in [-0.39, 0.29) is 0 Å². The zero-order chi connectivity index (χ0) is 13.2. The first kappa shape index (κ1) is 12.4. The molecule has 0 aliphatic rings. The SMILES string of the molecule is Clc1ccc(Br)cc1Oc1ncnc2ccccc12. The molecule has 0 radical (unpaired) electrons. The number of halogens is 2. The number of aromatic nitrogens is 2. The number of benzene rings is 2. The minimum absolute atomic E-state index is 0.491. The number of hydrogen-bond acceptors (Lipinski definition) is 3. The Balaban J connectivity index is 2.08. The average Bonchev–Trinajstić information content (AvgIpc) is 2.43. The second kappa shape index (κ2) is 5.15. The maximum atomic E-state index is 6.11. The molecule has 1 heterocycles. The number of hydrogen-bond donors (Lipinski definition) is 0. The summed E-state index contributed by atoms with van der Waals surface area (Å²) >= 11 is 9.50. The largest absolute Gasteiger partial charge is 0.437 e. The molecule has 0 aliphatic heterocycles. The summed E-state index contributed by atoms with van der Waals surface area (Å²) in [7, 11) is 0.